The zero-order valence-corrected chi connectivity index (χ0v) is 18.2. The van der Waals surface area contributed by atoms with E-state index in [2.05, 4.69) is 15.1 Å². The second kappa shape index (κ2) is 8.29. The van der Waals surface area contributed by atoms with Crippen LogP contribution in [0.3, 0.4) is 0 Å². The predicted octanol–water partition coefficient (Wildman–Crippen LogP) is 2.73. The molecule has 4 rings (SSSR count). The van der Waals surface area contributed by atoms with Crippen molar-refractivity contribution in [2.24, 2.45) is 7.05 Å². The maximum atomic E-state index is 13.4. The number of fused-ring (bicyclic) bond motifs is 1. The first-order chi connectivity index (χ1) is 14.7. The summed E-state index contributed by atoms with van der Waals surface area (Å²) < 4.78 is 43.6. The maximum Gasteiger partial charge on any atom is 0.435 e. The van der Waals surface area contributed by atoms with E-state index in [0.717, 1.165) is 25.3 Å². The number of aromatic nitrogens is 4. The molecule has 1 unspecified atom stereocenters. The quantitative estimate of drug-likeness (QED) is 0.720. The molecule has 2 aromatic rings. The molecule has 0 bridgehead atoms. The molecule has 0 aromatic carbocycles. The van der Waals surface area contributed by atoms with Crippen LogP contribution in [0.4, 0.5) is 13.2 Å². The molecule has 10 heteroatoms. The number of carbonyl (C=O) groups excluding carboxylic acids is 1. The molecule has 0 saturated carbocycles. The molecule has 31 heavy (non-hydrogen) atoms. The summed E-state index contributed by atoms with van der Waals surface area (Å²) in [6, 6.07) is -0.685. The lowest BCUT2D eigenvalue weighted by molar-refractivity contribution is -0.143. The summed E-state index contributed by atoms with van der Waals surface area (Å²) in [5.41, 5.74) is 2.33. The molecule has 1 fully saturated rings. The van der Waals surface area contributed by atoms with Gasteiger partial charge in [0.1, 0.15) is 6.04 Å². The number of carbonyl (C=O) groups is 1. The molecule has 1 amide bonds. The van der Waals surface area contributed by atoms with Gasteiger partial charge in [-0.15, -0.1) is 0 Å². The average molecular weight is 438 g/mol. The Morgan fingerprint density at radius 1 is 1.19 bits per heavy atom. The molecule has 2 aromatic heterocycles. The largest absolute Gasteiger partial charge is 0.435 e. The van der Waals surface area contributed by atoms with Crippen LogP contribution >= 0.6 is 0 Å². The van der Waals surface area contributed by atoms with Gasteiger partial charge in [0, 0.05) is 62.3 Å². The fourth-order valence-electron chi connectivity index (χ4n) is 4.68. The van der Waals surface area contributed by atoms with Crippen LogP contribution in [0.25, 0.3) is 0 Å². The van der Waals surface area contributed by atoms with Crippen LogP contribution in [0, 0.1) is 6.92 Å². The molecule has 7 nitrogen and oxygen atoms in total. The Kier molecular flexibility index (Phi) is 5.85. The minimum Gasteiger partial charge on any atom is -0.338 e. The van der Waals surface area contributed by atoms with Crippen LogP contribution in [0.1, 0.15) is 54.0 Å². The van der Waals surface area contributed by atoms with Crippen molar-refractivity contribution in [3.63, 3.8) is 0 Å². The Labute approximate surface area is 179 Å². The molecule has 3 heterocycles. The van der Waals surface area contributed by atoms with Crippen LogP contribution in [-0.2, 0) is 37.4 Å². The van der Waals surface area contributed by atoms with Crippen LogP contribution < -0.4 is 0 Å². The highest BCUT2D eigenvalue weighted by Gasteiger charge is 2.42. The standard InChI is InChI=1S/C21H29F3N6O/c1-4-17(30-18-7-5-6-16(18)19(26-30)21(22,23)24)20(31)29-10-8-28(9-11-29)13-15-12-25-27(3)14(15)2/h12,17H,4-11,13H2,1-3H3. The zero-order chi connectivity index (χ0) is 22.3. The van der Waals surface area contributed by atoms with E-state index in [0.29, 0.717) is 44.5 Å². The Hall–Kier alpha value is -2.36. The highest BCUT2D eigenvalue weighted by Crippen LogP contribution is 2.38. The summed E-state index contributed by atoms with van der Waals surface area (Å²) in [6.07, 6.45) is -0.609. The summed E-state index contributed by atoms with van der Waals surface area (Å²) in [7, 11) is 1.91. The summed E-state index contributed by atoms with van der Waals surface area (Å²) in [5, 5.41) is 8.17. The Morgan fingerprint density at radius 2 is 1.90 bits per heavy atom. The van der Waals surface area contributed by atoms with Crippen molar-refractivity contribution in [1.82, 2.24) is 29.4 Å². The van der Waals surface area contributed by atoms with Crippen LogP contribution in [-0.4, -0.2) is 61.4 Å². The van der Waals surface area contributed by atoms with Gasteiger partial charge in [-0.1, -0.05) is 6.92 Å². The summed E-state index contributed by atoms with van der Waals surface area (Å²) in [4.78, 5) is 17.3. The fraction of sp³-hybridized carbons (Fsp3) is 0.667. The maximum absolute atomic E-state index is 13.4. The van der Waals surface area contributed by atoms with Crippen molar-refractivity contribution in [3.05, 3.63) is 34.4 Å². The van der Waals surface area contributed by atoms with E-state index in [1.165, 1.54) is 10.2 Å². The number of piperazine rings is 1. The van der Waals surface area contributed by atoms with Crippen LogP contribution in [0.5, 0.6) is 0 Å². The third kappa shape index (κ3) is 4.09. The number of hydrogen-bond acceptors (Lipinski definition) is 4. The second-order valence-electron chi connectivity index (χ2n) is 8.47. The Balaban J connectivity index is 1.45. The lowest BCUT2D eigenvalue weighted by Gasteiger charge is -2.36. The van der Waals surface area contributed by atoms with Gasteiger partial charge >= 0.3 is 6.18 Å². The molecule has 0 radical (unpaired) electrons. The third-order valence-corrected chi connectivity index (χ3v) is 6.61. The summed E-state index contributed by atoms with van der Waals surface area (Å²) >= 11 is 0. The van der Waals surface area contributed by atoms with Crippen molar-refractivity contribution in [2.75, 3.05) is 26.2 Å². The number of alkyl halides is 3. The normalized spacial score (nSPS) is 18.5. The highest BCUT2D eigenvalue weighted by atomic mass is 19.4. The zero-order valence-electron chi connectivity index (χ0n) is 18.2. The van der Waals surface area contributed by atoms with Gasteiger partial charge in [0.05, 0.1) is 6.20 Å². The SMILES string of the molecule is CCC(C(=O)N1CCN(Cc2cnn(C)c2C)CC1)n1nc(C(F)(F)F)c2c1CCC2. The van der Waals surface area contributed by atoms with Gasteiger partial charge in [-0.2, -0.15) is 23.4 Å². The molecular formula is C21H29F3N6O. The first kappa shape index (κ1) is 21.9. The van der Waals surface area contributed by atoms with E-state index in [1.807, 2.05) is 31.8 Å². The van der Waals surface area contributed by atoms with Crippen molar-refractivity contribution >= 4 is 5.91 Å². The second-order valence-corrected chi connectivity index (χ2v) is 8.47. The number of halogens is 3. The Bertz CT molecular complexity index is 955. The molecule has 1 saturated heterocycles. The molecule has 1 aliphatic heterocycles. The van der Waals surface area contributed by atoms with Crippen molar-refractivity contribution in [1.29, 1.82) is 0 Å². The van der Waals surface area contributed by atoms with Crippen molar-refractivity contribution in [2.45, 2.75) is 58.3 Å². The van der Waals surface area contributed by atoms with Gasteiger partial charge in [0.2, 0.25) is 5.91 Å². The number of amides is 1. The van der Waals surface area contributed by atoms with E-state index in [4.69, 9.17) is 0 Å². The van der Waals surface area contributed by atoms with E-state index < -0.39 is 17.9 Å². The van der Waals surface area contributed by atoms with Crippen molar-refractivity contribution < 1.29 is 18.0 Å². The lowest BCUT2D eigenvalue weighted by atomic mass is 10.1. The lowest BCUT2D eigenvalue weighted by Crippen LogP contribution is -2.50. The first-order valence-electron chi connectivity index (χ1n) is 10.9. The topological polar surface area (TPSA) is 59.2 Å². The minimum atomic E-state index is -4.49. The third-order valence-electron chi connectivity index (χ3n) is 6.61. The molecular weight excluding hydrogens is 409 g/mol. The Morgan fingerprint density at radius 3 is 2.48 bits per heavy atom. The fourth-order valence-corrected chi connectivity index (χ4v) is 4.68. The molecule has 2 aliphatic rings. The smallest absolute Gasteiger partial charge is 0.338 e. The molecule has 0 spiro atoms. The summed E-state index contributed by atoms with van der Waals surface area (Å²) in [6.45, 7) is 7.21. The van der Waals surface area contributed by atoms with Gasteiger partial charge in [-0.05, 0) is 32.6 Å². The highest BCUT2D eigenvalue weighted by molar-refractivity contribution is 5.80. The summed E-state index contributed by atoms with van der Waals surface area (Å²) in [5.74, 6) is -0.134. The van der Waals surface area contributed by atoms with E-state index in [9.17, 15) is 18.0 Å². The molecule has 170 valence electrons. The van der Waals surface area contributed by atoms with Gasteiger partial charge in [0.15, 0.2) is 5.69 Å². The predicted molar refractivity (Wildman–Crippen MR) is 108 cm³/mol. The molecule has 0 N–H and O–H groups in total. The van der Waals surface area contributed by atoms with Crippen LogP contribution in [0.15, 0.2) is 6.20 Å². The number of nitrogens with zero attached hydrogens (tertiary/aromatic N) is 6. The van der Waals surface area contributed by atoms with Gasteiger partial charge in [0.25, 0.3) is 0 Å². The minimum absolute atomic E-state index is 0.134. The first-order valence-corrected chi connectivity index (χ1v) is 10.9. The van der Waals surface area contributed by atoms with E-state index >= 15 is 0 Å². The monoisotopic (exact) mass is 438 g/mol. The van der Waals surface area contributed by atoms with E-state index in [-0.39, 0.29) is 11.5 Å². The van der Waals surface area contributed by atoms with Gasteiger partial charge in [-0.25, -0.2) is 0 Å². The number of rotatable bonds is 5. The van der Waals surface area contributed by atoms with Gasteiger partial charge < -0.3 is 4.90 Å². The van der Waals surface area contributed by atoms with E-state index in [1.54, 1.807) is 4.90 Å². The molecule has 1 aliphatic carbocycles. The number of aryl methyl sites for hydroxylation is 1. The molecule has 1 atom stereocenters. The average Bonchev–Trinajstić information content (AvgIpc) is 3.41. The van der Waals surface area contributed by atoms with Crippen molar-refractivity contribution in [3.8, 4) is 0 Å². The van der Waals surface area contributed by atoms with Crippen LogP contribution in [0.2, 0.25) is 0 Å². The van der Waals surface area contributed by atoms with Gasteiger partial charge in [-0.3, -0.25) is 19.1 Å². The number of hydrogen-bond donors (Lipinski definition) is 0.